The highest BCUT2D eigenvalue weighted by atomic mass is 16.3. The normalized spacial score (nSPS) is 19.4. The third-order valence-electron chi connectivity index (χ3n) is 2.30. The van der Waals surface area contributed by atoms with Gasteiger partial charge in [-0.2, -0.15) is 0 Å². The van der Waals surface area contributed by atoms with Gasteiger partial charge in [0.25, 0.3) is 0 Å². The Morgan fingerprint density at radius 2 is 1.18 bits per heavy atom. The fourth-order valence-electron chi connectivity index (χ4n) is 1.41. The first-order valence-corrected chi connectivity index (χ1v) is 4.53. The van der Waals surface area contributed by atoms with E-state index in [-0.39, 0.29) is 18.1 Å². The summed E-state index contributed by atoms with van der Waals surface area (Å²) in [4.78, 5) is 0. The standard InChI is InChI=1S/C9H20O2/c1-4-7(8(10)5-2)9(11)6-3/h7-11H,4-6H2,1-3H3/t7?,8-,9+. The summed E-state index contributed by atoms with van der Waals surface area (Å²) in [5.41, 5.74) is 0. The summed E-state index contributed by atoms with van der Waals surface area (Å²) >= 11 is 0. The Bertz CT molecular complexity index is 83.6. The molecular weight excluding hydrogens is 140 g/mol. The third-order valence-corrected chi connectivity index (χ3v) is 2.30. The molecule has 0 heterocycles. The molecule has 0 amide bonds. The lowest BCUT2D eigenvalue weighted by Crippen LogP contribution is -2.30. The lowest BCUT2D eigenvalue weighted by molar-refractivity contribution is 0.00715. The van der Waals surface area contributed by atoms with Gasteiger partial charge in [0.1, 0.15) is 0 Å². The fraction of sp³-hybridized carbons (Fsp3) is 1.00. The summed E-state index contributed by atoms with van der Waals surface area (Å²) < 4.78 is 0. The molecule has 0 spiro atoms. The van der Waals surface area contributed by atoms with Gasteiger partial charge in [-0.3, -0.25) is 0 Å². The summed E-state index contributed by atoms with van der Waals surface area (Å²) in [5.74, 6) is 0.0602. The van der Waals surface area contributed by atoms with Gasteiger partial charge in [-0.05, 0) is 19.3 Å². The van der Waals surface area contributed by atoms with Gasteiger partial charge in [-0.1, -0.05) is 20.8 Å². The molecule has 11 heavy (non-hydrogen) atoms. The van der Waals surface area contributed by atoms with E-state index in [2.05, 4.69) is 0 Å². The van der Waals surface area contributed by atoms with E-state index in [1.54, 1.807) is 0 Å². The lowest BCUT2D eigenvalue weighted by Gasteiger charge is -2.24. The average Bonchev–Trinajstić information content (AvgIpc) is 2.05. The van der Waals surface area contributed by atoms with Crippen LogP contribution in [0.15, 0.2) is 0 Å². The first kappa shape index (κ1) is 10.9. The lowest BCUT2D eigenvalue weighted by atomic mass is 9.90. The summed E-state index contributed by atoms with van der Waals surface area (Å²) in [5, 5.41) is 18.9. The zero-order chi connectivity index (χ0) is 8.85. The highest BCUT2D eigenvalue weighted by Crippen LogP contribution is 2.18. The van der Waals surface area contributed by atoms with Crippen LogP contribution in [0, 0.1) is 5.92 Å². The molecule has 2 nitrogen and oxygen atoms in total. The summed E-state index contributed by atoms with van der Waals surface area (Å²) in [6.45, 7) is 5.88. The minimum Gasteiger partial charge on any atom is -0.393 e. The maximum Gasteiger partial charge on any atom is 0.0590 e. The molecule has 0 rings (SSSR count). The van der Waals surface area contributed by atoms with Crippen LogP contribution in [0.1, 0.15) is 40.0 Å². The van der Waals surface area contributed by atoms with Crippen LogP contribution < -0.4 is 0 Å². The van der Waals surface area contributed by atoms with Crippen molar-refractivity contribution in [3.05, 3.63) is 0 Å². The first-order valence-electron chi connectivity index (χ1n) is 4.53. The van der Waals surface area contributed by atoms with Crippen molar-refractivity contribution in [2.75, 3.05) is 0 Å². The number of aliphatic hydroxyl groups excluding tert-OH is 2. The zero-order valence-electron chi connectivity index (χ0n) is 7.75. The Balaban J connectivity index is 3.92. The predicted molar refractivity (Wildman–Crippen MR) is 46.4 cm³/mol. The smallest absolute Gasteiger partial charge is 0.0590 e. The predicted octanol–water partition coefficient (Wildman–Crippen LogP) is 1.55. The van der Waals surface area contributed by atoms with Crippen molar-refractivity contribution < 1.29 is 10.2 Å². The van der Waals surface area contributed by atoms with Gasteiger partial charge in [0.2, 0.25) is 0 Å². The Hall–Kier alpha value is -0.0800. The highest BCUT2D eigenvalue weighted by Gasteiger charge is 2.22. The van der Waals surface area contributed by atoms with Crippen LogP contribution in [-0.4, -0.2) is 22.4 Å². The Morgan fingerprint density at radius 3 is 1.36 bits per heavy atom. The number of hydrogen-bond acceptors (Lipinski definition) is 2. The van der Waals surface area contributed by atoms with E-state index >= 15 is 0 Å². The molecule has 0 aromatic heterocycles. The molecule has 0 saturated carbocycles. The topological polar surface area (TPSA) is 40.5 Å². The second-order valence-electron chi connectivity index (χ2n) is 3.02. The van der Waals surface area contributed by atoms with Crippen LogP contribution in [0.3, 0.4) is 0 Å². The van der Waals surface area contributed by atoms with Crippen LogP contribution >= 0.6 is 0 Å². The molecule has 2 heteroatoms. The van der Waals surface area contributed by atoms with E-state index in [0.717, 1.165) is 19.3 Å². The van der Waals surface area contributed by atoms with E-state index in [4.69, 9.17) is 0 Å². The zero-order valence-corrected chi connectivity index (χ0v) is 7.75. The number of hydrogen-bond donors (Lipinski definition) is 2. The van der Waals surface area contributed by atoms with Crippen LogP contribution in [-0.2, 0) is 0 Å². The summed E-state index contributed by atoms with van der Waals surface area (Å²) in [6, 6.07) is 0. The van der Waals surface area contributed by atoms with Crippen molar-refractivity contribution in [2.24, 2.45) is 5.92 Å². The molecule has 0 radical (unpaired) electrons. The monoisotopic (exact) mass is 160 g/mol. The van der Waals surface area contributed by atoms with Crippen LogP contribution in [0.25, 0.3) is 0 Å². The van der Waals surface area contributed by atoms with Gasteiger partial charge in [0, 0.05) is 5.92 Å². The highest BCUT2D eigenvalue weighted by molar-refractivity contribution is 4.72. The van der Waals surface area contributed by atoms with Gasteiger partial charge in [0.15, 0.2) is 0 Å². The van der Waals surface area contributed by atoms with E-state index in [1.165, 1.54) is 0 Å². The Kier molecular flexibility index (Phi) is 5.51. The molecule has 3 atom stereocenters. The molecule has 0 aliphatic rings. The van der Waals surface area contributed by atoms with Gasteiger partial charge in [0.05, 0.1) is 12.2 Å². The molecule has 0 saturated heterocycles. The van der Waals surface area contributed by atoms with Crippen molar-refractivity contribution in [3.63, 3.8) is 0 Å². The number of aliphatic hydroxyl groups is 2. The van der Waals surface area contributed by atoms with E-state index in [1.807, 2.05) is 20.8 Å². The SMILES string of the molecule is CCC([C@H](O)CC)[C@@H](O)CC. The van der Waals surface area contributed by atoms with Crippen molar-refractivity contribution in [3.8, 4) is 0 Å². The maximum atomic E-state index is 9.46. The Morgan fingerprint density at radius 1 is 0.818 bits per heavy atom. The second kappa shape index (κ2) is 5.56. The van der Waals surface area contributed by atoms with Crippen molar-refractivity contribution in [1.29, 1.82) is 0 Å². The molecule has 1 unspecified atom stereocenters. The molecule has 2 N–H and O–H groups in total. The van der Waals surface area contributed by atoms with Gasteiger partial charge in [-0.15, -0.1) is 0 Å². The van der Waals surface area contributed by atoms with E-state index in [0.29, 0.717) is 0 Å². The third kappa shape index (κ3) is 3.21. The van der Waals surface area contributed by atoms with Crippen LogP contribution in [0.4, 0.5) is 0 Å². The molecular formula is C9H20O2. The number of rotatable bonds is 5. The second-order valence-corrected chi connectivity index (χ2v) is 3.02. The molecule has 68 valence electrons. The van der Waals surface area contributed by atoms with Crippen molar-refractivity contribution >= 4 is 0 Å². The van der Waals surface area contributed by atoms with Gasteiger partial charge in [-0.25, -0.2) is 0 Å². The molecule has 0 aliphatic carbocycles. The quantitative estimate of drug-likeness (QED) is 0.640. The van der Waals surface area contributed by atoms with Crippen LogP contribution in [0.2, 0.25) is 0 Å². The molecule has 0 fully saturated rings. The molecule has 0 bridgehead atoms. The fourth-order valence-corrected chi connectivity index (χ4v) is 1.41. The van der Waals surface area contributed by atoms with E-state index < -0.39 is 0 Å². The van der Waals surface area contributed by atoms with Gasteiger partial charge >= 0.3 is 0 Å². The average molecular weight is 160 g/mol. The van der Waals surface area contributed by atoms with Gasteiger partial charge < -0.3 is 10.2 Å². The molecule has 0 aromatic rings. The minimum absolute atomic E-state index is 0.0602. The summed E-state index contributed by atoms with van der Waals surface area (Å²) in [7, 11) is 0. The maximum absolute atomic E-state index is 9.46. The molecule has 0 aromatic carbocycles. The van der Waals surface area contributed by atoms with Crippen LogP contribution in [0.5, 0.6) is 0 Å². The minimum atomic E-state index is -0.338. The van der Waals surface area contributed by atoms with Crippen molar-refractivity contribution in [2.45, 2.75) is 52.2 Å². The largest absolute Gasteiger partial charge is 0.393 e. The molecule has 0 aliphatic heterocycles. The van der Waals surface area contributed by atoms with Crippen molar-refractivity contribution in [1.82, 2.24) is 0 Å². The Labute approximate surface area is 69.2 Å². The first-order chi connectivity index (χ1) is 5.17. The van der Waals surface area contributed by atoms with E-state index in [9.17, 15) is 10.2 Å². The summed E-state index contributed by atoms with van der Waals surface area (Å²) in [6.07, 6.45) is 1.64.